The lowest BCUT2D eigenvalue weighted by Gasteiger charge is -2.12. The molecule has 0 atom stereocenters. The number of hydrazine groups is 1. The molecule has 0 saturated heterocycles. The summed E-state index contributed by atoms with van der Waals surface area (Å²) in [6.45, 7) is 3.51. The zero-order valence-corrected chi connectivity index (χ0v) is 13.9. The smallest absolute Gasteiger partial charge is 0.276 e. The third kappa shape index (κ3) is 4.49. The second-order valence-corrected chi connectivity index (χ2v) is 5.26. The van der Waals surface area contributed by atoms with Gasteiger partial charge in [-0.3, -0.25) is 20.4 Å². The molecule has 0 saturated carbocycles. The molecular formula is C18H20N2O4. The fourth-order valence-corrected chi connectivity index (χ4v) is 2.09. The summed E-state index contributed by atoms with van der Waals surface area (Å²) in [5.41, 5.74) is 7.03. The Labute approximate surface area is 140 Å². The zero-order valence-electron chi connectivity index (χ0n) is 13.9. The van der Waals surface area contributed by atoms with E-state index in [0.717, 1.165) is 11.1 Å². The monoisotopic (exact) mass is 328 g/mol. The molecular weight excluding hydrogens is 308 g/mol. The number of hydrogen-bond acceptors (Lipinski definition) is 4. The van der Waals surface area contributed by atoms with Gasteiger partial charge in [0.15, 0.2) is 18.1 Å². The number of carbonyl (C=O) groups excluding carboxylic acids is 2. The van der Waals surface area contributed by atoms with Gasteiger partial charge in [0, 0.05) is 5.56 Å². The molecule has 2 amide bonds. The van der Waals surface area contributed by atoms with Crippen molar-refractivity contribution in [2.45, 2.75) is 13.8 Å². The normalized spacial score (nSPS) is 9.96. The van der Waals surface area contributed by atoms with Gasteiger partial charge in [-0.1, -0.05) is 24.3 Å². The van der Waals surface area contributed by atoms with Gasteiger partial charge in [0.25, 0.3) is 11.8 Å². The van der Waals surface area contributed by atoms with Crippen molar-refractivity contribution in [2.24, 2.45) is 0 Å². The van der Waals surface area contributed by atoms with Crippen molar-refractivity contribution in [2.75, 3.05) is 13.7 Å². The Morgan fingerprint density at radius 2 is 1.75 bits per heavy atom. The Hall–Kier alpha value is -3.02. The molecule has 0 aliphatic heterocycles. The third-order valence-electron chi connectivity index (χ3n) is 3.38. The lowest BCUT2D eigenvalue weighted by molar-refractivity contribution is -0.123. The Morgan fingerprint density at radius 3 is 2.46 bits per heavy atom. The predicted octanol–water partition coefficient (Wildman–Crippen LogP) is 2.15. The van der Waals surface area contributed by atoms with Crippen molar-refractivity contribution < 1.29 is 19.1 Å². The fraction of sp³-hybridized carbons (Fsp3) is 0.222. The number of benzene rings is 2. The van der Waals surface area contributed by atoms with Crippen LogP contribution in [-0.4, -0.2) is 25.5 Å². The maximum atomic E-state index is 12.0. The molecule has 0 unspecified atom stereocenters. The number of amides is 2. The Balaban J connectivity index is 1.86. The van der Waals surface area contributed by atoms with Crippen molar-refractivity contribution in [3.63, 3.8) is 0 Å². The van der Waals surface area contributed by atoms with Crippen LogP contribution in [0.2, 0.25) is 0 Å². The van der Waals surface area contributed by atoms with Crippen LogP contribution in [-0.2, 0) is 4.79 Å². The van der Waals surface area contributed by atoms with Gasteiger partial charge in [0.2, 0.25) is 0 Å². The largest absolute Gasteiger partial charge is 0.493 e. The van der Waals surface area contributed by atoms with Gasteiger partial charge in [-0.15, -0.1) is 0 Å². The minimum Gasteiger partial charge on any atom is -0.493 e. The Kier molecular flexibility index (Phi) is 5.78. The lowest BCUT2D eigenvalue weighted by atomic mass is 10.1. The van der Waals surface area contributed by atoms with Gasteiger partial charge in [-0.25, -0.2) is 0 Å². The molecule has 2 N–H and O–H groups in total. The number of carbonyl (C=O) groups is 2. The lowest BCUT2D eigenvalue weighted by Crippen LogP contribution is -2.44. The predicted molar refractivity (Wildman–Crippen MR) is 90.0 cm³/mol. The summed E-state index contributed by atoms with van der Waals surface area (Å²) in [6, 6.07) is 12.5. The average Bonchev–Trinajstić information content (AvgIpc) is 2.58. The van der Waals surface area contributed by atoms with Gasteiger partial charge < -0.3 is 9.47 Å². The summed E-state index contributed by atoms with van der Waals surface area (Å²) >= 11 is 0. The van der Waals surface area contributed by atoms with E-state index in [1.54, 1.807) is 18.2 Å². The second kappa shape index (κ2) is 8.01. The first-order valence-electron chi connectivity index (χ1n) is 7.43. The standard InChI is InChI=1S/C18H20N2O4/c1-12-8-9-15(16(10-12)23-3)24-11-17(21)19-20-18(22)14-7-5-4-6-13(14)2/h4-10H,11H2,1-3H3,(H,19,21)(H,20,22). The van der Waals surface area contributed by atoms with Crippen LogP contribution in [0.25, 0.3) is 0 Å². The van der Waals surface area contributed by atoms with Gasteiger partial charge >= 0.3 is 0 Å². The number of rotatable bonds is 5. The van der Waals surface area contributed by atoms with E-state index in [4.69, 9.17) is 9.47 Å². The molecule has 2 aromatic carbocycles. The molecule has 6 nitrogen and oxygen atoms in total. The summed E-state index contributed by atoms with van der Waals surface area (Å²) in [4.78, 5) is 23.8. The highest BCUT2D eigenvalue weighted by molar-refractivity contribution is 5.96. The molecule has 0 fully saturated rings. The molecule has 2 rings (SSSR count). The molecule has 0 heterocycles. The van der Waals surface area contributed by atoms with Crippen LogP contribution in [0.15, 0.2) is 42.5 Å². The van der Waals surface area contributed by atoms with E-state index in [-0.39, 0.29) is 12.5 Å². The van der Waals surface area contributed by atoms with E-state index < -0.39 is 5.91 Å². The first-order valence-corrected chi connectivity index (χ1v) is 7.43. The number of aryl methyl sites for hydroxylation is 2. The molecule has 0 radical (unpaired) electrons. The molecule has 2 aromatic rings. The van der Waals surface area contributed by atoms with E-state index in [1.165, 1.54) is 7.11 Å². The van der Waals surface area contributed by atoms with Crippen LogP contribution in [0, 0.1) is 13.8 Å². The maximum absolute atomic E-state index is 12.0. The molecule has 0 aliphatic rings. The van der Waals surface area contributed by atoms with Gasteiger partial charge in [-0.05, 0) is 43.2 Å². The summed E-state index contributed by atoms with van der Waals surface area (Å²) in [6.07, 6.45) is 0. The molecule has 24 heavy (non-hydrogen) atoms. The van der Waals surface area contributed by atoms with E-state index >= 15 is 0 Å². The highest BCUT2D eigenvalue weighted by Crippen LogP contribution is 2.27. The fourth-order valence-electron chi connectivity index (χ4n) is 2.09. The van der Waals surface area contributed by atoms with E-state index in [9.17, 15) is 9.59 Å². The van der Waals surface area contributed by atoms with Gasteiger partial charge in [-0.2, -0.15) is 0 Å². The first-order chi connectivity index (χ1) is 11.5. The number of methoxy groups -OCH3 is 1. The highest BCUT2D eigenvalue weighted by atomic mass is 16.5. The SMILES string of the molecule is COc1cc(C)ccc1OCC(=O)NNC(=O)c1ccccc1C. The molecule has 0 aromatic heterocycles. The van der Waals surface area contributed by atoms with Crippen LogP contribution in [0.4, 0.5) is 0 Å². The van der Waals surface area contributed by atoms with E-state index in [1.807, 2.05) is 38.1 Å². The minimum atomic E-state index is -0.473. The molecule has 0 bridgehead atoms. The summed E-state index contributed by atoms with van der Waals surface area (Å²) in [5.74, 6) is 0.157. The van der Waals surface area contributed by atoms with E-state index in [0.29, 0.717) is 17.1 Å². The first kappa shape index (κ1) is 17.3. The topological polar surface area (TPSA) is 76.7 Å². The zero-order chi connectivity index (χ0) is 17.5. The Morgan fingerprint density at radius 1 is 1.00 bits per heavy atom. The average molecular weight is 328 g/mol. The van der Waals surface area contributed by atoms with Crippen LogP contribution in [0.1, 0.15) is 21.5 Å². The highest BCUT2D eigenvalue weighted by Gasteiger charge is 2.11. The molecule has 0 spiro atoms. The second-order valence-electron chi connectivity index (χ2n) is 5.26. The number of nitrogens with one attached hydrogen (secondary N) is 2. The molecule has 0 aliphatic carbocycles. The maximum Gasteiger partial charge on any atom is 0.276 e. The van der Waals surface area contributed by atoms with E-state index in [2.05, 4.69) is 10.9 Å². The van der Waals surface area contributed by atoms with Crippen LogP contribution < -0.4 is 20.3 Å². The Bertz CT molecular complexity index is 744. The summed E-state index contributed by atoms with van der Waals surface area (Å²) < 4.78 is 10.6. The van der Waals surface area contributed by atoms with Crippen LogP contribution in [0.5, 0.6) is 11.5 Å². The van der Waals surface area contributed by atoms with Crippen molar-refractivity contribution >= 4 is 11.8 Å². The van der Waals surface area contributed by atoms with Crippen molar-refractivity contribution in [3.8, 4) is 11.5 Å². The number of ether oxygens (including phenoxy) is 2. The third-order valence-corrected chi connectivity index (χ3v) is 3.38. The minimum absolute atomic E-state index is 0.243. The van der Waals surface area contributed by atoms with Crippen molar-refractivity contribution in [3.05, 3.63) is 59.2 Å². The molecule has 126 valence electrons. The van der Waals surface area contributed by atoms with Crippen molar-refractivity contribution in [1.82, 2.24) is 10.9 Å². The van der Waals surface area contributed by atoms with Gasteiger partial charge in [0.05, 0.1) is 7.11 Å². The molecule has 6 heteroatoms. The summed E-state index contributed by atoms with van der Waals surface area (Å²) in [7, 11) is 1.53. The van der Waals surface area contributed by atoms with Crippen LogP contribution in [0.3, 0.4) is 0 Å². The quantitative estimate of drug-likeness (QED) is 0.825. The van der Waals surface area contributed by atoms with Gasteiger partial charge in [0.1, 0.15) is 0 Å². The summed E-state index contributed by atoms with van der Waals surface area (Å²) in [5, 5.41) is 0. The van der Waals surface area contributed by atoms with Crippen LogP contribution >= 0.6 is 0 Å². The number of hydrogen-bond donors (Lipinski definition) is 2. The van der Waals surface area contributed by atoms with Crippen molar-refractivity contribution in [1.29, 1.82) is 0 Å².